The van der Waals surface area contributed by atoms with E-state index < -0.39 is 0 Å². The molecule has 0 aliphatic carbocycles. The summed E-state index contributed by atoms with van der Waals surface area (Å²) in [6.07, 6.45) is 0.793. The predicted molar refractivity (Wildman–Crippen MR) is 91.8 cm³/mol. The molecule has 0 unspecified atom stereocenters. The van der Waals surface area contributed by atoms with Crippen LogP contribution in [0.2, 0.25) is 0 Å². The van der Waals surface area contributed by atoms with Crippen molar-refractivity contribution in [1.29, 1.82) is 0 Å². The van der Waals surface area contributed by atoms with Crippen LogP contribution in [-0.2, 0) is 6.54 Å². The van der Waals surface area contributed by atoms with E-state index in [9.17, 15) is 10.2 Å². The van der Waals surface area contributed by atoms with Crippen LogP contribution in [0, 0.1) is 5.92 Å². The largest absolute Gasteiger partial charge is 0.507 e. The summed E-state index contributed by atoms with van der Waals surface area (Å²) in [5.41, 5.74) is 0.843. The SMILES string of the molecule is COc1cccc(O)c1CN1CCN(CC(C)C)[C@H](CCO)C1. The van der Waals surface area contributed by atoms with Gasteiger partial charge in [-0.3, -0.25) is 9.80 Å². The molecule has 0 bridgehead atoms. The van der Waals surface area contributed by atoms with Crippen molar-refractivity contribution < 1.29 is 14.9 Å². The van der Waals surface area contributed by atoms with Crippen LogP contribution in [0.15, 0.2) is 18.2 Å². The Morgan fingerprint density at radius 3 is 2.74 bits per heavy atom. The number of hydrogen-bond acceptors (Lipinski definition) is 5. The van der Waals surface area contributed by atoms with Crippen molar-refractivity contribution in [3.8, 4) is 11.5 Å². The molecule has 1 saturated heterocycles. The third-order valence-corrected chi connectivity index (χ3v) is 4.46. The summed E-state index contributed by atoms with van der Waals surface area (Å²) in [7, 11) is 1.63. The molecule has 2 rings (SSSR count). The third-order valence-electron chi connectivity index (χ3n) is 4.46. The third kappa shape index (κ3) is 4.83. The fourth-order valence-electron chi connectivity index (χ4n) is 3.36. The van der Waals surface area contributed by atoms with Crippen LogP contribution < -0.4 is 4.74 Å². The molecule has 130 valence electrons. The minimum atomic E-state index is 0.215. The van der Waals surface area contributed by atoms with E-state index in [1.54, 1.807) is 19.2 Å². The number of hydrogen-bond donors (Lipinski definition) is 2. The van der Waals surface area contributed by atoms with Gasteiger partial charge in [-0.05, 0) is 24.5 Å². The summed E-state index contributed by atoms with van der Waals surface area (Å²) in [6.45, 7) is 9.29. The second kappa shape index (κ2) is 8.52. The number of aliphatic hydroxyl groups is 1. The van der Waals surface area contributed by atoms with Gasteiger partial charge in [-0.25, -0.2) is 0 Å². The first-order chi connectivity index (χ1) is 11.0. The molecule has 0 aromatic heterocycles. The fourth-order valence-corrected chi connectivity index (χ4v) is 3.36. The van der Waals surface area contributed by atoms with Gasteiger partial charge < -0.3 is 14.9 Å². The van der Waals surface area contributed by atoms with Gasteiger partial charge in [-0.1, -0.05) is 19.9 Å². The first-order valence-electron chi connectivity index (χ1n) is 8.47. The summed E-state index contributed by atoms with van der Waals surface area (Å²) in [6, 6.07) is 5.76. The lowest BCUT2D eigenvalue weighted by Crippen LogP contribution is -2.53. The Bertz CT molecular complexity index is 493. The van der Waals surface area contributed by atoms with Crippen LogP contribution in [0.25, 0.3) is 0 Å². The number of piperazine rings is 1. The van der Waals surface area contributed by atoms with Crippen molar-refractivity contribution in [2.24, 2.45) is 5.92 Å². The molecule has 23 heavy (non-hydrogen) atoms. The Balaban J connectivity index is 2.05. The second-order valence-corrected chi connectivity index (χ2v) is 6.75. The van der Waals surface area contributed by atoms with Gasteiger partial charge in [-0.2, -0.15) is 0 Å². The zero-order valence-corrected chi connectivity index (χ0v) is 14.5. The highest BCUT2D eigenvalue weighted by atomic mass is 16.5. The van der Waals surface area contributed by atoms with Gasteiger partial charge in [0, 0.05) is 50.9 Å². The molecule has 1 fully saturated rings. The van der Waals surface area contributed by atoms with Crippen LogP contribution in [0.1, 0.15) is 25.8 Å². The summed E-state index contributed by atoms with van der Waals surface area (Å²) >= 11 is 0. The number of phenols is 1. The molecule has 1 aromatic rings. The van der Waals surface area contributed by atoms with E-state index >= 15 is 0 Å². The molecule has 0 saturated carbocycles. The molecule has 0 amide bonds. The topological polar surface area (TPSA) is 56.2 Å². The number of nitrogens with zero attached hydrogens (tertiary/aromatic N) is 2. The molecule has 5 heteroatoms. The fraction of sp³-hybridized carbons (Fsp3) is 0.667. The molecule has 1 atom stereocenters. The van der Waals surface area contributed by atoms with Gasteiger partial charge >= 0.3 is 0 Å². The van der Waals surface area contributed by atoms with Gasteiger partial charge in [0.15, 0.2) is 0 Å². The molecule has 1 aromatic carbocycles. The highest BCUT2D eigenvalue weighted by molar-refractivity contribution is 5.43. The number of phenolic OH excluding ortho intramolecular Hbond substituents is 1. The highest BCUT2D eigenvalue weighted by Gasteiger charge is 2.27. The van der Waals surface area contributed by atoms with Crippen LogP contribution in [0.5, 0.6) is 11.5 Å². The van der Waals surface area contributed by atoms with Crippen LogP contribution in [0.4, 0.5) is 0 Å². The lowest BCUT2D eigenvalue weighted by molar-refractivity contribution is 0.0470. The number of aliphatic hydroxyl groups excluding tert-OH is 1. The van der Waals surface area contributed by atoms with Gasteiger partial charge in [0.2, 0.25) is 0 Å². The van der Waals surface area contributed by atoms with E-state index in [1.807, 2.05) is 6.07 Å². The van der Waals surface area contributed by atoms with Crippen molar-refractivity contribution in [2.45, 2.75) is 32.9 Å². The maximum absolute atomic E-state index is 10.1. The molecule has 1 aliphatic heterocycles. The normalized spacial score (nSPS) is 20.1. The molecule has 0 radical (unpaired) electrons. The van der Waals surface area contributed by atoms with Gasteiger partial charge in [0.05, 0.1) is 7.11 Å². The molecular formula is C18H30N2O3. The Morgan fingerprint density at radius 1 is 1.30 bits per heavy atom. The number of methoxy groups -OCH3 is 1. The van der Waals surface area contributed by atoms with Crippen LogP contribution in [0.3, 0.4) is 0 Å². The minimum Gasteiger partial charge on any atom is -0.507 e. The number of aromatic hydroxyl groups is 1. The monoisotopic (exact) mass is 322 g/mol. The standard InChI is InChI=1S/C18H30N2O3/c1-14(2)11-20-9-8-19(12-15(20)7-10-21)13-16-17(22)5-4-6-18(16)23-3/h4-6,14-15,21-22H,7-13H2,1-3H3/t15-/m1/s1. The molecule has 0 spiro atoms. The summed E-state index contributed by atoms with van der Waals surface area (Å²) < 4.78 is 5.38. The van der Waals surface area contributed by atoms with Gasteiger partial charge in [-0.15, -0.1) is 0 Å². The van der Waals surface area contributed by atoms with E-state index in [2.05, 4.69) is 23.6 Å². The van der Waals surface area contributed by atoms with E-state index in [0.29, 0.717) is 18.5 Å². The first-order valence-corrected chi connectivity index (χ1v) is 8.47. The quantitative estimate of drug-likeness (QED) is 0.803. The van der Waals surface area contributed by atoms with E-state index in [0.717, 1.165) is 43.9 Å². The minimum absolute atomic E-state index is 0.215. The zero-order chi connectivity index (χ0) is 16.8. The average molecular weight is 322 g/mol. The van der Waals surface area contributed by atoms with Crippen molar-refractivity contribution in [3.05, 3.63) is 23.8 Å². The van der Waals surface area contributed by atoms with E-state index in [-0.39, 0.29) is 12.4 Å². The van der Waals surface area contributed by atoms with Crippen molar-refractivity contribution in [2.75, 3.05) is 39.9 Å². The van der Waals surface area contributed by atoms with E-state index in [4.69, 9.17) is 4.74 Å². The predicted octanol–water partition coefficient (Wildman–Crippen LogP) is 1.93. The van der Waals surface area contributed by atoms with Crippen LogP contribution in [-0.4, -0.2) is 66.0 Å². The Hall–Kier alpha value is -1.30. The van der Waals surface area contributed by atoms with Gasteiger partial charge in [0.1, 0.15) is 11.5 Å². The summed E-state index contributed by atoms with van der Waals surface area (Å²) in [5, 5.41) is 19.5. The maximum atomic E-state index is 10.1. The number of benzene rings is 1. The average Bonchev–Trinajstić information content (AvgIpc) is 2.51. The summed E-state index contributed by atoms with van der Waals surface area (Å²) in [4.78, 5) is 4.83. The molecular weight excluding hydrogens is 292 g/mol. The second-order valence-electron chi connectivity index (χ2n) is 6.75. The molecule has 1 heterocycles. The molecule has 1 aliphatic rings. The number of rotatable bonds is 7. The maximum Gasteiger partial charge on any atom is 0.127 e. The van der Waals surface area contributed by atoms with Crippen LogP contribution >= 0.6 is 0 Å². The highest BCUT2D eigenvalue weighted by Crippen LogP contribution is 2.29. The van der Waals surface area contributed by atoms with Crippen molar-refractivity contribution in [1.82, 2.24) is 9.80 Å². The van der Waals surface area contributed by atoms with Crippen molar-refractivity contribution in [3.63, 3.8) is 0 Å². The van der Waals surface area contributed by atoms with Gasteiger partial charge in [0.25, 0.3) is 0 Å². The Labute approximate surface area is 139 Å². The smallest absolute Gasteiger partial charge is 0.127 e. The molecule has 5 nitrogen and oxygen atoms in total. The van der Waals surface area contributed by atoms with E-state index in [1.165, 1.54) is 0 Å². The first kappa shape index (κ1) is 18.0. The number of ether oxygens (including phenoxy) is 1. The Kier molecular flexibility index (Phi) is 6.69. The summed E-state index contributed by atoms with van der Waals surface area (Å²) in [5.74, 6) is 1.64. The lowest BCUT2D eigenvalue weighted by Gasteiger charge is -2.42. The van der Waals surface area contributed by atoms with Crippen molar-refractivity contribution >= 4 is 0 Å². The zero-order valence-electron chi connectivity index (χ0n) is 14.5. The Morgan fingerprint density at radius 2 is 2.09 bits per heavy atom. The molecule has 2 N–H and O–H groups in total. The lowest BCUT2D eigenvalue weighted by atomic mass is 10.0.